The van der Waals surface area contributed by atoms with Crippen molar-refractivity contribution in [2.75, 3.05) is 6.54 Å². The van der Waals surface area contributed by atoms with Crippen LogP contribution in [0.5, 0.6) is 0 Å². The van der Waals surface area contributed by atoms with E-state index in [9.17, 15) is 13.2 Å². The van der Waals surface area contributed by atoms with Crippen molar-refractivity contribution in [3.63, 3.8) is 0 Å². The van der Waals surface area contributed by atoms with Crippen LogP contribution < -0.4 is 4.72 Å². The van der Waals surface area contributed by atoms with Gasteiger partial charge in [-0.25, -0.2) is 13.1 Å². The van der Waals surface area contributed by atoms with Crippen LogP contribution in [0.4, 0.5) is 0 Å². The predicted octanol–water partition coefficient (Wildman–Crippen LogP) is 4.71. The molecule has 7 heteroatoms. The van der Waals surface area contributed by atoms with Gasteiger partial charge in [-0.2, -0.15) is 0 Å². The summed E-state index contributed by atoms with van der Waals surface area (Å²) < 4.78 is 28.8. The van der Waals surface area contributed by atoms with Gasteiger partial charge in [-0.3, -0.25) is 9.78 Å². The van der Waals surface area contributed by atoms with Crippen LogP contribution in [0.3, 0.4) is 0 Å². The zero-order chi connectivity index (χ0) is 25.4. The Hall–Kier alpha value is -3.03. The Kier molecular flexibility index (Phi) is 9.18. The van der Waals surface area contributed by atoms with Crippen LogP contribution in [-0.4, -0.2) is 42.8 Å². The lowest BCUT2D eigenvalue weighted by Crippen LogP contribution is -2.47. The fourth-order valence-electron chi connectivity index (χ4n) is 4.56. The van der Waals surface area contributed by atoms with Crippen LogP contribution in [0, 0.1) is 0 Å². The van der Waals surface area contributed by atoms with Crippen LogP contribution in [0.1, 0.15) is 56.2 Å². The van der Waals surface area contributed by atoms with Gasteiger partial charge in [0.05, 0.1) is 11.7 Å². The molecule has 2 atom stereocenters. The maximum atomic E-state index is 14.1. The molecule has 1 aromatic heterocycles. The molecule has 1 N–H and O–H groups in total. The smallest absolute Gasteiger partial charge is 0.231 e. The molecule has 0 spiro atoms. The average molecular weight is 494 g/mol. The number of rotatable bonds is 11. The van der Waals surface area contributed by atoms with Crippen molar-refractivity contribution in [2.45, 2.75) is 57.4 Å². The Morgan fingerprint density at radius 2 is 1.43 bits per heavy atom. The van der Waals surface area contributed by atoms with Gasteiger partial charge in [0.1, 0.15) is 0 Å². The molecule has 2 aromatic carbocycles. The second-order valence-corrected chi connectivity index (χ2v) is 11.1. The lowest BCUT2D eigenvalue weighted by molar-refractivity contribution is -0.137. The molecule has 6 nitrogen and oxygen atoms in total. The topological polar surface area (TPSA) is 79.4 Å². The Labute approximate surface area is 209 Å². The molecule has 0 aliphatic heterocycles. The minimum atomic E-state index is -3.62. The second kappa shape index (κ2) is 12.1. The fraction of sp³-hybridized carbons (Fsp3) is 0.357. The van der Waals surface area contributed by atoms with Crippen molar-refractivity contribution in [3.8, 4) is 0 Å². The highest BCUT2D eigenvalue weighted by Gasteiger charge is 2.36. The molecule has 0 radical (unpaired) electrons. The first-order valence-corrected chi connectivity index (χ1v) is 13.6. The Balaban J connectivity index is 2.00. The van der Waals surface area contributed by atoms with Gasteiger partial charge in [0.25, 0.3) is 0 Å². The van der Waals surface area contributed by atoms with E-state index < -0.39 is 21.9 Å². The van der Waals surface area contributed by atoms with Crippen molar-refractivity contribution >= 4 is 15.9 Å². The van der Waals surface area contributed by atoms with E-state index in [1.165, 1.54) is 0 Å². The summed E-state index contributed by atoms with van der Waals surface area (Å²) in [5.41, 5.74) is 2.37. The highest BCUT2D eigenvalue weighted by Crippen LogP contribution is 2.35. The lowest BCUT2D eigenvalue weighted by atomic mass is 9.80. The summed E-state index contributed by atoms with van der Waals surface area (Å²) in [4.78, 5) is 20.2. The van der Waals surface area contributed by atoms with E-state index in [0.29, 0.717) is 5.56 Å². The SMILES string of the molecule is CC(C)N(C(=O)C(c1cccnc1)C(CNS(=O)(=O)Cc1ccccc1)c1ccccc1)C(C)C. The number of sulfonamides is 1. The number of nitrogens with one attached hydrogen (secondary N) is 1. The third-order valence-corrected chi connectivity index (χ3v) is 7.35. The summed E-state index contributed by atoms with van der Waals surface area (Å²) in [7, 11) is -3.62. The van der Waals surface area contributed by atoms with Crippen molar-refractivity contribution in [1.82, 2.24) is 14.6 Å². The number of aromatic nitrogens is 1. The third kappa shape index (κ3) is 7.23. The molecule has 2 unspecified atom stereocenters. The number of amides is 1. The van der Waals surface area contributed by atoms with Crippen LogP contribution >= 0.6 is 0 Å². The second-order valence-electron chi connectivity index (χ2n) is 9.31. The van der Waals surface area contributed by atoms with E-state index >= 15 is 0 Å². The van der Waals surface area contributed by atoms with Crippen LogP contribution in [0.25, 0.3) is 0 Å². The maximum Gasteiger partial charge on any atom is 0.231 e. The summed E-state index contributed by atoms with van der Waals surface area (Å²) in [6.07, 6.45) is 3.38. The highest BCUT2D eigenvalue weighted by molar-refractivity contribution is 7.88. The van der Waals surface area contributed by atoms with E-state index in [2.05, 4.69) is 9.71 Å². The molecule has 0 fully saturated rings. The zero-order valence-electron chi connectivity index (χ0n) is 20.8. The van der Waals surface area contributed by atoms with Gasteiger partial charge < -0.3 is 4.90 Å². The third-order valence-electron chi connectivity index (χ3n) is 6.03. The van der Waals surface area contributed by atoms with Gasteiger partial charge in [-0.05, 0) is 50.5 Å². The number of carbonyl (C=O) groups is 1. The van der Waals surface area contributed by atoms with Crippen LogP contribution in [0.2, 0.25) is 0 Å². The fourth-order valence-corrected chi connectivity index (χ4v) is 5.73. The van der Waals surface area contributed by atoms with Crippen molar-refractivity contribution in [2.24, 2.45) is 0 Å². The first-order valence-electron chi connectivity index (χ1n) is 12.0. The largest absolute Gasteiger partial charge is 0.337 e. The summed E-state index contributed by atoms with van der Waals surface area (Å²) in [6.45, 7) is 8.09. The summed E-state index contributed by atoms with van der Waals surface area (Å²) in [5.74, 6) is -1.18. The van der Waals surface area contributed by atoms with Crippen molar-refractivity contribution in [3.05, 3.63) is 102 Å². The van der Waals surface area contributed by atoms with E-state index in [1.807, 2.05) is 93.3 Å². The van der Waals surface area contributed by atoms with Gasteiger partial charge >= 0.3 is 0 Å². The Bertz CT molecular complexity index is 1160. The number of hydrogen-bond acceptors (Lipinski definition) is 4. The standard InChI is InChI=1S/C28H35N3O3S/c1-21(2)31(22(3)4)28(32)27(25-16-11-17-29-18-25)26(24-14-9-6-10-15-24)19-30-35(33,34)20-23-12-7-5-8-13-23/h5-18,21-22,26-27,30H,19-20H2,1-4H3. The van der Waals surface area contributed by atoms with E-state index in [-0.39, 0.29) is 30.3 Å². The highest BCUT2D eigenvalue weighted by atomic mass is 32.2. The zero-order valence-corrected chi connectivity index (χ0v) is 21.7. The quantitative estimate of drug-likeness (QED) is 0.419. The lowest BCUT2D eigenvalue weighted by Gasteiger charge is -2.37. The van der Waals surface area contributed by atoms with Crippen LogP contribution in [-0.2, 0) is 20.6 Å². The summed E-state index contributed by atoms with van der Waals surface area (Å²) in [5, 5.41) is 0. The molecule has 0 saturated heterocycles. The summed E-state index contributed by atoms with van der Waals surface area (Å²) in [6, 6.07) is 22.4. The molecule has 1 heterocycles. The monoisotopic (exact) mass is 493 g/mol. The minimum Gasteiger partial charge on any atom is -0.337 e. The number of carbonyl (C=O) groups excluding carboxylic acids is 1. The Morgan fingerprint density at radius 1 is 0.857 bits per heavy atom. The first kappa shape index (κ1) is 26.6. The van der Waals surface area contributed by atoms with Gasteiger partial charge in [-0.15, -0.1) is 0 Å². The molecular formula is C28H35N3O3S. The summed E-state index contributed by atoms with van der Waals surface area (Å²) >= 11 is 0. The molecule has 0 saturated carbocycles. The normalized spacial score (nSPS) is 13.5. The van der Waals surface area contributed by atoms with Gasteiger partial charge in [0.2, 0.25) is 15.9 Å². The van der Waals surface area contributed by atoms with E-state index in [0.717, 1.165) is 11.1 Å². The molecule has 3 aromatic rings. The van der Waals surface area contributed by atoms with Gasteiger partial charge in [0.15, 0.2) is 0 Å². The first-order chi connectivity index (χ1) is 16.7. The molecule has 1 amide bonds. The number of benzene rings is 2. The van der Waals surface area contributed by atoms with Gasteiger partial charge in [-0.1, -0.05) is 66.7 Å². The van der Waals surface area contributed by atoms with E-state index in [1.54, 1.807) is 24.5 Å². The minimum absolute atomic E-state index is 0.00660. The predicted molar refractivity (Wildman–Crippen MR) is 140 cm³/mol. The number of hydrogen-bond donors (Lipinski definition) is 1. The van der Waals surface area contributed by atoms with Crippen molar-refractivity contribution in [1.29, 1.82) is 0 Å². The number of pyridine rings is 1. The molecule has 0 aliphatic rings. The van der Waals surface area contributed by atoms with Crippen LogP contribution in [0.15, 0.2) is 85.2 Å². The number of nitrogens with zero attached hydrogens (tertiary/aromatic N) is 2. The molecule has 0 bridgehead atoms. The molecular weight excluding hydrogens is 458 g/mol. The van der Waals surface area contributed by atoms with Gasteiger partial charge in [0, 0.05) is 36.9 Å². The van der Waals surface area contributed by atoms with Crippen molar-refractivity contribution < 1.29 is 13.2 Å². The van der Waals surface area contributed by atoms with E-state index in [4.69, 9.17) is 0 Å². The molecule has 186 valence electrons. The maximum absolute atomic E-state index is 14.1. The average Bonchev–Trinajstić information content (AvgIpc) is 2.82. The Morgan fingerprint density at radius 3 is 1.97 bits per heavy atom. The molecule has 0 aliphatic carbocycles. The molecule has 35 heavy (non-hydrogen) atoms. The molecule has 3 rings (SSSR count).